The molecule has 78 valence electrons. The topological polar surface area (TPSA) is 15.3 Å². The first-order valence-electron chi connectivity index (χ1n) is 5.64. The SMILES string of the molecule is CC(C)NCCCN(C)C1CCC1. The molecule has 2 heteroatoms. The fraction of sp³-hybridized carbons (Fsp3) is 1.00. The first-order valence-corrected chi connectivity index (χ1v) is 5.64. The summed E-state index contributed by atoms with van der Waals surface area (Å²) in [5.41, 5.74) is 0. The molecule has 0 bridgehead atoms. The molecule has 0 amide bonds. The molecule has 1 aliphatic rings. The molecule has 1 fully saturated rings. The molecular weight excluding hydrogens is 160 g/mol. The van der Waals surface area contributed by atoms with E-state index in [4.69, 9.17) is 0 Å². The number of nitrogens with zero attached hydrogens (tertiary/aromatic N) is 1. The Labute approximate surface area is 82.7 Å². The minimum absolute atomic E-state index is 0.633. The molecule has 1 rings (SSSR count). The summed E-state index contributed by atoms with van der Waals surface area (Å²) < 4.78 is 0. The fourth-order valence-corrected chi connectivity index (χ4v) is 1.73. The van der Waals surface area contributed by atoms with Gasteiger partial charge in [-0.25, -0.2) is 0 Å². The summed E-state index contributed by atoms with van der Waals surface area (Å²) in [5.74, 6) is 0. The van der Waals surface area contributed by atoms with Crippen molar-refractivity contribution in [2.24, 2.45) is 0 Å². The molecule has 0 spiro atoms. The highest BCUT2D eigenvalue weighted by Gasteiger charge is 2.20. The fourth-order valence-electron chi connectivity index (χ4n) is 1.73. The maximum Gasteiger partial charge on any atom is 0.00922 e. The van der Waals surface area contributed by atoms with Gasteiger partial charge >= 0.3 is 0 Å². The lowest BCUT2D eigenvalue weighted by molar-refractivity contribution is 0.158. The Balaban J connectivity index is 1.92. The van der Waals surface area contributed by atoms with E-state index in [2.05, 4.69) is 31.1 Å². The van der Waals surface area contributed by atoms with Crippen LogP contribution in [0, 0.1) is 0 Å². The molecule has 1 N–H and O–H groups in total. The van der Waals surface area contributed by atoms with Gasteiger partial charge in [0.15, 0.2) is 0 Å². The first-order chi connectivity index (χ1) is 6.20. The predicted octanol–water partition coefficient (Wildman–Crippen LogP) is 1.86. The minimum atomic E-state index is 0.633. The van der Waals surface area contributed by atoms with Gasteiger partial charge in [-0.2, -0.15) is 0 Å². The highest BCUT2D eigenvalue weighted by molar-refractivity contribution is 4.77. The van der Waals surface area contributed by atoms with Gasteiger partial charge in [0, 0.05) is 12.1 Å². The molecule has 0 atom stereocenters. The van der Waals surface area contributed by atoms with Crippen molar-refractivity contribution in [3.63, 3.8) is 0 Å². The maximum absolute atomic E-state index is 3.45. The van der Waals surface area contributed by atoms with Crippen LogP contribution in [0.2, 0.25) is 0 Å². The van der Waals surface area contributed by atoms with Gasteiger partial charge in [0.2, 0.25) is 0 Å². The molecule has 0 unspecified atom stereocenters. The van der Waals surface area contributed by atoms with Crippen molar-refractivity contribution in [1.29, 1.82) is 0 Å². The average molecular weight is 184 g/mol. The van der Waals surface area contributed by atoms with Crippen LogP contribution in [0.5, 0.6) is 0 Å². The lowest BCUT2D eigenvalue weighted by Crippen LogP contribution is -2.38. The second-order valence-electron chi connectivity index (χ2n) is 4.53. The molecule has 1 saturated carbocycles. The summed E-state index contributed by atoms with van der Waals surface area (Å²) >= 11 is 0. The maximum atomic E-state index is 3.45. The van der Waals surface area contributed by atoms with Crippen molar-refractivity contribution >= 4 is 0 Å². The number of hydrogen-bond donors (Lipinski definition) is 1. The third kappa shape index (κ3) is 4.10. The first kappa shape index (κ1) is 11.0. The molecule has 0 aliphatic heterocycles. The van der Waals surface area contributed by atoms with E-state index in [1.165, 1.54) is 32.2 Å². The van der Waals surface area contributed by atoms with Crippen molar-refractivity contribution in [1.82, 2.24) is 10.2 Å². The molecule has 0 heterocycles. The van der Waals surface area contributed by atoms with Crippen molar-refractivity contribution in [3.05, 3.63) is 0 Å². The van der Waals surface area contributed by atoms with Crippen LogP contribution in [-0.2, 0) is 0 Å². The van der Waals surface area contributed by atoms with E-state index in [1.807, 2.05) is 0 Å². The Morgan fingerprint density at radius 3 is 2.54 bits per heavy atom. The van der Waals surface area contributed by atoms with Gasteiger partial charge in [-0.05, 0) is 39.4 Å². The molecule has 0 aromatic heterocycles. The van der Waals surface area contributed by atoms with Crippen molar-refractivity contribution < 1.29 is 0 Å². The Morgan fingerprint density at radius 1 is 1.38 bits per heavy atom. The van der Waals surface area contributed by atoms with Gasteiger partial charge in [-0.1, -0.05) is 20.3 Å². The summed E-state index contributed by atoms with van der Waals surface area (Å²) in [4.78, 5) is 2.52. The largest absolute Gasteiger partial charge is 0.314 e. The Hall–Kier alpha value is -0.0800. The zero-order valence-electron chi connectivity index (χ0n) is 9.34. The summed E-state index contributed by atoms with van der Waals surface area (Å²) in [6.07, 6.45) is 5.58. The summed E-state index contributed by atoms with van der Waals surface area (Å²) in [6, 6.07) is 1.54. The third-order valence-corrected chi connectivity index (χ3v) is 2.94. The van der Waals surface area contributed by atoms with Gasteiger partial charge in [0.05, 0.1) is 0 Å². The predicted molar refractivity (Wildman–Crippen MR) is 58.0 cm³/mol. The standard InChI is InChI=1S/C11H24N2/c1-10(2)12-8-5-9-13(3)11-6-4-7-11/h10-12H,4-9H2,1-3H3. The van der Waals surface area contributed by atoms with Gasteiger partial charge in [-0.3, -0.25) is 0 Å². The molecule has 0 radical (unpaired) electrons. The van der Waals surface area contributed by atoms with Crippen LogP contribution in [0.3, 0.4) is 0 Å². The monoisotopic (exact) mass is 184 g/mol. The van der Waals surface area contributed by atoms with Crippen LogP contribution < -0.4 is 5.32 Å². The highest BCUT2D eigenvalue weighted by atomic mass is 15.1. The zero-order chi connectivity index (χ0) is 9.68. The lowest BCUT2D eigenvalue weighted by Gasteiger charge is -2.34. The zero-order valence-corrected chi connectivity index (χ0v) is 9.34. The van der Waals surface area contributed by atoms with Gasteiger partial charge < -0.3 is 10.2 Å². The number of rotatable bonds is 6. The van der Waals surface area contributed by atoms with E-state index in [0.29, 0.717) is 6.04 Å². The van der Waals surface area contributed by atoms with E-state index in [9.17, 15) is 0 Å². The average Bonchev–Trinajstić information content (AvgIpc) is 1.94. The van der Waals surface area contributed by atoms with Crippen LogP contribution in [0.4, 0.5) is 0 Å². The van der Waals surface area contributed by atoms with Crippen molar-refractivity contribution in [2.45, 2.75) is 51.6 Å². The molecule has 0 saturated heterocycles. The summed E-state index contributed by atoms with van der Waals surface area (Å²) in [7, 11) is 2.26. The molecule has 0 aromatic rings. The Kier molecular flexibility index (Phi) is 4.74. The second-order valence-corrected chi connectivity index (χ2v) is 4.53. The third-order valence-electron chi connectivity index (χ3n) is 2.94. The van der Waals surface area contributed by atoms with E-state index < -0.39 is 0 Å². The van der Waals surface area contributed by atoms with Crippen molar-refractivity contribution in [3.8, 4) is 0 Å². The van der Waals surface area contributed by atoms with Crippen LogP contribution in [0.15, 0.2) is 0 Å². The number of nitrogens with one attached hydrogen (secondary N) is 1. The van der Waals surface area contributed by atoms with Crippen LogP contribution in [-0.4, -0.2) is 37.1 Å². The Bertz CT molecular complexity index is 130. The number of hydrogen-bond acceptors (Lipinski definition) is 2. The van der Waals surface area contributed by atoms with E-state index in [1.54, 1.807) is 0 Å². The molecule has 1 aliphatic carbocycles. The van der Waals surface area contributed by atoms with Crippen LogP contribution in [0.25, 0.3) is 0 Å². The smallest absolute Gasteiger partial charge is 0.00922 e. The van der Waals surface area contributed by atoms with E-state index >= 15 is 0 Å². The molecule has 13 heavy (non-hydrogen) atoms. The second kappa shape index (κ2) is 5.61. The summed E-state index contributed by atoms with van der Waals surface area (Å²) in [5, 5.41) is 3.45. The normalized spacial score (nSPS) is 18.2. The van der Waals surface area contributed by atoms with Gasteiger partial charge in [0.25, 0.3) is 0 Å². The molecule has 0 aromatic carbocycles. The lowest BCUT2D eigenvalue weighted by atomic mass is 9.92. The summed E-state index contributed by atoms with van der Waals surface area (Å²) in [6.45, 7) is 6.82. The molecule has 2 nitrogen and oxygen atoms in total. The van der Waals surface area contributed by atoms with Crippen molar-refractivity contribution in [2.75, 3.05) is 20.1 Å². The molecular formula is C11H24N2. The van der Waals surface area contributed by atoms with E-state index in [0.717, 1.165) is 12.6 Å². The van der Waals surface area contributed by atoms with Gasteiger partial charge in [0.1, 0.15) is 0 Å². The van der Waals surface area contributed by atoms with E-state index in [-0.39, 0.29) is 0 Å². The highest BCUT2D eigenvalue weighted by Crippen LogP contribution is 2.23. The van der Waals surface area contributed by atoms with Crippen LogP contribution >= 0.6 is 0 Å². The van der Waals surface area contributed by atoms with Crippen LogP contribution in [0.1, 0.15) is 39.5 Å². The Morgan fingerprint density at radius 2 is 2.08 bits per heavy atom. The van der Waals surface area contributed by atoms with Gasteiger partial charge in [-0.15, -0.1) is 0 Å². The quantitative estimate of drug-likeness (QED) is 0.634. The minimum Gasteiger partial charge on any atom is -0.314 e.